The monoisotopic (exact) mass is 1340 g/mol. The number of rotatable bonds is 69. The predicted molar refractivity (Wildman–Crippen MR) is 367 cm³/mol. The Morgan fingerprint density at radius 3 is 0.780 bits per heavy atom. The van der Waals surface area contributed by atoms with Crippen molar-refractivity contribution in [3.63, 3.8) is 0 Å². The zero-order valence-corrected chi connectivity index (χ0v) is 61.3. The second-order valence-corrected chi connectivity index (χ2v) is 30.3. The Labute approximate surface area is 556 Å². The van der Waals surface area contributed by atoms with Crippen LogP contribution in [0.2, 0.25) is 0 Å². The van der Waals surface area contributed by atoms with Gasteiger partial charge in [0.15, 0.2) is 12.2 Å². The van der Waals surface area contributed by atoms with Crippen LogP contribution in [-0.4, -0.2) is 96.7 Å². The number of aliphatic hydroxyl groups is 1. The molecular formula is C72H140O17P2. The molecule has 0 aliphatic rings. The highest BCUT2D eigenvalue weighted by Crippen LogP contribution is 2.45. The minimum Gasteiger partial charge on any atom is -0.462 e. The van der Waals surface area contributed by atoms with Crippen LogP contribution in [0.5, 0.6) is 0 Å². The average molecular weight is 1340 g/mol. The second-order valence-electron chi connectivity index (χ2n) is 27.4. The fourth-order valence-electron chi connectivity index (χ4n) is 10.8. The molecule has 0 aliphatic heterocycles. The molecule has 7 atom stereocenters. The van der Waals surface area contributed by atoms with Crippen molar-refractivity contribution >= 4 is 39.5 Å². The number of phosphoric ester groups is 2. The first-order chi connectivity index (χ1) is 43.7. The van der Waals surface area contributed by atoms with E-state index in [1.807, 2.05) is 0 Å². The average Bonchev–Trinajstić information content (AvgIpc) is 3.73. The highest BCUT2D eigenvalue weighted by molar-refractivity contribution is 7.47. The standard InChI is InChI=1S/C72H140O17P2/c1-9-64(7)50-42-34-26-20-15-13-11-12-14-16-21-27-36-44-52-69(74)82-59-68(89-72(77)55-47-39-31-30-35-43-51-65(8)10-2)61-87-91(80,81)85-57-66(73)56-84-90(78,79)86-60-67(58-83-70(75)53-45-37-29-23-25-33-41-49-63(5)6)88-71(76)54-46-38-28-22-18-17-19-24-32-40-48-62(3)4/h62-68,73H,9-61H2,1-8H3,(H,78,79)(H,80,81)/t64?,65?,66?,67-,68-/m1/s1. The highest BCUT2D eigenvalue weighted by Gasteiger charge is 2.30. The van der Waals surface area contributed by atoms with Crippen molar-refractivity contribution in [2.24, 2.45) is 23.7 Å². The summed E-state index contributed by atoms with van der Waals surface area (Å²) >= 11 is 0. The normalized spacial score (nSPS) is 14.8. The highest BCUT2D eigenvalue weighted by atomic mass is 31.2. The van der Waals surface area contributed by atoms with Crippen LogP contribution < -0.4 is 0 Å². The summed E-state index contributed by atoms with van der Waals surface area (Å²) in [4.78, 5) is 72.6. The van der Waals surface area contributed by atoms with Crippen LogP contribution in [-0.2, 0) is 65.4 Å². The molecular weight excluding hydrogens is 1200 g/mol. The SMILES string of the molecule is CCC(C)CCCCCCCCCCCCCCCCC(=O)OC[C@H](COP(=O)(O)OCC(O)COP(=O)(O)OC[C@@H](COC(=O)CCCCCCCCCC(C)C)OC(=O)CCCCCCCCCCCCC(C)C)OC(=O)CCCCCCCCC(C)CC. The van der Waals surface area contributed by atoms with Crippen molar-refractivity contribution in [2.45, 2.75) is 375 Å². The second kappa shape index (κ2) is 61.6. The minimum atomic E-state index is -4.95. The number of phosphoric acid groups is 2. The van der Waals surface area contributed by atoms with E-state index in [4.69, 9.17) is 37.0 Å². The number of hydrogen-bond acceptors (Lipinski definition) is 15. The van der Waals surface area contributed by atoms with Crippen molar-refractivity contribution in [3.05, 3.63) is 0 Å². The third-order valence-electron chi connectivity index (χ3n) is 17.3. The van der Waals surface area contributed by atoms with E-state index in [2.05, 4.69) is 55.4 Å². The van der Waals surface area contributed by atoms with Crippen LogP contribution in [0.15, 0.2) is 0 Å². The molecule has 3 N–H and O–H groups in total. The quantitative estimate of drug-likeness (QED) is 0.0222. The third kappa shape index (κ3) is 63.9. The molecule has 5 unspecified atom stereocenters. The molecule has 0 aliphatic carbocycles. The molecule has 0 fully saturated rings. The molecule has 0 saturated heterocycles. The largest absolute Gasteiger partial charge is 0.472 e. The Morgan fingerprint density at radius 2 is 0.527 bits per heavy atom. The molecule has 540 valence electrons. The van der Waals surface area contributed by atoms with E-state index in [-0.39, 0.29) is 25.7 Å². The molecule has 17 nitrogen and oxygen atoms in total. The number of aliphatic hydroxyl groups excluding tert-OH is 1. The Morgan fingerprint density at radius 1 is 0.308 bits per heavy atom. The zero-order valence-electron chi connectivity index (χ0n) is 59.5. The van der Waals surface area contributed by atoms with Gasteiger partial charge in [0, 0.05) is 25.7 Å². The number of carbonyl (C=O) groups excluding carboxylic acids is 4. The fraction of sp³-hybridized carbons (Fsp3) is 0.944. The van der Waals surface area contributed by atoms with Crippen LogP contribution >= 0.6 is 15.6 Å². The molecule has 0 radical (unpaired) electrons. The first-order valence-corrected chi connectivity index (χ1v) is 40.3. The number of carbonyl (C=O) groups is 4. The number of esters is 4. The maximum Gasteiger partial charge on any atom is 0.472 e. The Bertz CT molecular complexity index is 1800. The summed E-state index contributed by atoms with van der Waals surface area (Å²) in [5.74, 6) is 0.897. The van der Waals surface area contributed by atoms with Gasteiger partial charge in [0.05, 0.1) is 26.4 Å². The van der Waals surface area contributed by atoms with Crippen LogP contribution in [0.1, 0.15) is 357 Å². The summed E-state index contributed by atoms with van der Waals surface area (Å²) in [5, 5.41) is 10.6. The molecule has 0 bridgehead atoms. The van der Waals surface area contributed by atoms with Gasteiger partial charge in [-0.3, -0.25) is 37.3 Å². The first kappa shape index (κ1) is 89.1. The number of unbranched alkanes of at least 4 members (excludes halogenated alkanes) is 33. The minimum absolute atomic E-state index is 0.103. The molecule has 0 saturated carbocycles. The lowest BCUT2D eigenvalue weighted by atomic mass is 9.99. The summed E-state index contributed by atoms with van der Waals surface area (Å²) in [6.45, 7) is 14.1. The molecule has 0 spiro atoms. The molecule has 91 heavy (non-hydrogen) atoms. The van der Waals surface area contributed by atoms with Gasteiger partial charge in [0.2, 0.25) is 0 Å². The van der Waals surface area contributed by atoms with Crippen LogP contribution in [0.25, 0.3) is 0 Å². The molecule has 0 heterocycles. The van der Waals surface area contributed by atoms with E-state index in [0.717, 1.165) is 114 Å². The molecule has 19 heteroatoms. The van der Waals surface area contributed by atoms with Crippen molar-refractivity contribution in [2.75, 3.05) is 39.6 Å². The van der Waals surface area contributed by atoms with E-state index in [1.54, 1.807) is 0 Å². The van der Waals surface area contributed by atoms with Crippen molar-refractivity contribution in [1.29, 1.82) is 0 Å². The maximum atomic E-state index is 13.0. The van der Waals surface area contributed by atoms with E-state index in [0.29, 0.717) is 31.6 Å². The van der Waals surface area contributed by atoms with Crippen molar-refractivity contribution < 1.29 is 80.2 Å². The maximum absolute atomic E-state index is 13.0. The van der Waals surface area contributed by atoms with Gasteiger partial charge in [0.1, 0.15) is 19.3 Å². The van der Waals surface area contributed by atoms with Crippen molar-refractivity contribution in [3.8, 4) is 0 Å². The summed E-state index contributed by atoms with van der Waals surface area (Å²) in [6, 6.07) is 0. The van der Waals surface area contributed by atoms with Gasteiger partial charge in [-0.25, -0.2) is 9.13 Å². The number of hydrogen-bond donors (Lipinski definition) is 3. The van der Waals surface area contributed by atoms with E-state index in [9.17, 15) is 43.2 Å². The first-order valence-electron chi connectivity index (χ1n) is 37.3. The summed E-state index contributed by atoms with van der Waals surface area (Å²) in [5.41, 5.74) is 0. The van der Waals surface area contributed by atoms with Gasteiger partial charge in [0.25, 0.3) is 0 Å². The Hall–Kier alpha value is -1.94. The predicted octanol–water partition coefficient (Wildman–Crippen LogP) is 20.5. The van der Waals surface area contributed by atoms with Crippen LogP contribution in [0.4, 0.5) is 0 Å². The lowest BCUT2D eigenvalue weighted by Gasteiger charge is -2.21. The summed E-state index contributed by atoms with van der Waals surface area (Å²) < 4.78 is 68.3. The lowest BCUT2D eigenvalue weighted by Crippen LogP contribution is -2.30. The summed E-state index contributed by atoms with van der Waals surface area (Å²) in [6.07, 6.45) is 44.5. The van der Waals surface area contributed by atoms with Gasteiger partial charge in [-0.15, -0.1) is 0 Å². The zero-order chi connectivity index (χ0) is 67.5. The third-order valence-corrected chi connectivity index (χ3v) is 19.2. The van der Waals surface area contributed by atoms with Gasteiger partial charge in [-0.1, -0.05) is 306 Å². The van der Waals surface area contributed by atoms with Gasteiger partial charge < -0.3 is 33.8 Å². The molecule has 0 amide bonds. The van der Waals surface area contributed by atoms with Crippen LogP contribution in [0, 0.1) is 23.7 Å². The Kier molecular flexibility index (Phi) is 60.3. The molecule has 0 rings (SSSR count). The van der Waals surface area contributed by atoms with E-state index in [1.165, 1.54) is 154 Å². The van der Waals surface area contributed by atoms with Crippen LogP contribution in [0.3, 0.4) is 0 Å². The summed E-state index contributed by atoms with van der Waals surface area (Å²) in [7, 11) is -9.90. The molecule has 0 aromatic rings. The van der Waals surface area contributed by atoms with Gasteiger partial charge in [-0.05, 0) is 49.4 Å². The smallest absolute Gasteiger partial charge is 0.462 e. The fourth-order valence-corrected chi connectivity index (χ4v) is 12.4. The lowest BCUT2D eigenvalue weighted by molar-refractivity contribution is -0.161. The van der Waals surface area contributed by atoms with Crippen molar-refractivity contribution in [1.82, 2.24) is 0 Å². The van der Waals surface area contributed by atoms with Gasteiger partial charge >= 0.3 is 39.5 Å². The number of ether oxygens (including phenoxy) is 4. The topological polar surface area (TPSA) is 237 Å². The van der Waals surface area contributed by atoms with Gasteiger partial charge in [-0.2, -0.15) is 0 Å². The van der Waals surface area contributed by atoms with E-state index >= 15 is 0 Å². The molecule has 0 aromatic heterocycles. The van der Waals surface area contributed by atoms with E-state index < -0.39 is 97.5 Å². The molecule has 0 aromatic carbocycles. The Balaban J connectivity index is 5.20.